The summed E-state index contributed by atoms with van der Waals surface area (Å²) < 4.78 is 20.2. The van der Waals surface area contributed by atoms with Crippen LogP contribution in [0.25, 0.3) is 11.1 Å². The highest BCUT2D eigenvalue weighted by atomic mass is 16.5. The van der Waals surface area contributed by atoms with E-state index in [1.54, 1.807) is 42.3 Å². The maximum atomic E-state index is 10.7. The fourth-order valence-corrected chi connectivity index (χ4v) is 3.57. The number of hydrogen-bond acceptors (Lipinski definition) is 6. The van der Waals surface area contributed by atoms with Gasteiger partial charge < -0.3 is 28.5 Å². The molecule has 6 nitrogen and oxygen atoms in total. The van der Waals surface area contributed by atoms with E-state index in [-0.39, 0.29) is 11.6 Å². The maximum Gasteiger partial charge on any atom is 0.129 e. The van der Waals surface area contributed by atoms with Crippen LogP contribution in [0.5, 0.6) is 23.0 Å². The standard InChI is InChI=1S/C14H14O2.C11H20O2.C8H10O2/c1-15-13-7-3-11(4-8-13)12-5-9-14(16-2)10-6-12;1-9(7-8-11(3)13)5-4-6-10(2)12;1-9-7-3-5-8(10-2)6-4-7/h3-10H,1-2H3;9H,4-8H2,1-3H3;3-6H,1-2H3. The highest BCUT2D eigenvalue weighted by molar-refractivity contribution is 5.75. The zero-order valence-corrected chi connectivity index (χ0v) is 24.5. The van der Waals surface area contributed by atoms with Gasteiger partial charge in [-0.2, -0.15) is 0 Å². The fourth-order valence-electron chi connectivity index (χ4n) is 3.57. The number of ether oxygens (including phenoxy) is 4. The number of methoxy groups -OCH3 is 4. The molecule has 6 heteroatoms. The summed E-state index contributed by atoms with van der Waals surface area (Å²) in [5, 5.41) is 0. The van der Waals surface area contributed by atoms with Crippen molar-refractivity contribution in [2.45, 2.75) is 52.9 Å². The predicted molar refractivity (Wildman–Crippen MR) is 158 cm³/mol. The van der Waals surface area contributed by atoms with Crippen molar-refractivity contribution < 1.29 is 28.5 Å². The second kappa shape index (κ2) is 19.3. The van der Waals surface area contributed by atoms with Crippen LogP contribution >= 0.6 is 0 Å². The maximum absolute atomic E-state index is 10.7. The van der Waals surface area contributed by atoms with Gasteiger partial charge in [0.1, 0.15) is 34.6 Å². The SMILES string of the molecule is CC(=O)CCCC(C)CCC(C)=O.COc1ccc(-c2ccc(OC)cc2)cc1.COc1ccc(OC)cc1. The monoisotopic (exact) mass is 536 g/mol. The number of hydrogen-bond donors (Lipinski definition) is 0. The largest absolute Gasteiger partial charge is 0.497 e. The molecule has 0 amide bonds. The number of carbonyl (C=O) groups is 2. The molecule has 0 fully saturated rings. The van der Waals surface area contributed by atoms with Crippen molar-refractivity contribution >= 4 is 11.6 Å². The van der Waals surface area contributed by atoms with E-state index in [0.717, 1.165) is 42.3 Å². The lowest BCUT2D eigenvalue weighted by atomic mass is 9.97. The van der Waals surface area contributed by atoms with Crippen LogP contribution < -0.4 is 18.9 Å². The molecule has 0 aliphatic carbocycles. The Bertz CT molecular complexity index is 1000. The summed E-state index contributed by atoms with van der Waals surface area (Å²) in [5.41, 5.74) is 2.34. The van der Waals surface area contributed by atoms with Gasteiger partial charge in [0.25, 0.3) is 0 Å². The van der Waals surface area contributed by atoms with Gasteiger partial charge in [-0.25, -0.2) is 0 Å². The molecule has 0 aliphatic heterocycles. The smallest absolute Gasteiger partial charge is 0.129 e. The summed E-state index contributed by atoms with van der Waals surface area (Å²) in [6, 6.07) is 23.4. The third kappa shape index (κ3) is 14.6. The van der Waals surface area contributed by atoms with Crippen molar-refractivity contribution in [1.29, 1.82) is 0 Å². The highest BCUT2D eigenvalue weighted by Crippen LogP contribution is 2.24. The molecule has 0 saturated carbocycles. The average molecular weight is 537 g/mol. The molecule has 0 bridgehead atoms. The van der Waals surface area contributed by atoms with Crippen molar-refractivity contribution in [2.24, 2.45) is 5.92 Å². The third-order valence-electron chi connectivity index (χ3n) is 6.02. The van der Waals surface area contributed by atoms with Crippen molar-refractivity contribution in [1.82, 2.24) is 0 Å². The molecular formula is C33H44O6. The van der Waals surface area contributed by atoms with Crippen LogP contribution in [0.4, 0.5) is 0 Å². The Hall–Kier alpha value is -3.80. The lowest BCUT2D eigenvalue weighted by molar-refractivity contribution is -0.118. The summed E-state index contributed by atoms with van der Waals surface area (Å²) in [7, 11) is 6.62. The van der Waals surface area contributed by atoms with Gasteiger partial charge in [0, 0.05) is 12.8 Å². The first-order valence-corrected chi connectivity index (χ1v) is 13.2. The molecule has 3 aromatic carbocycles. The Morgan fingerprint density at radius 1 is 0.538 bits per heavy atom. The molecule has 0 radical (unpaired) electrons. The molecule has 0 aliphatic rings. The molecule has 0 saturated heterocycles. The van der Waals surface area contributed by atoms with Crippen LogP contribution in [0.1, 0.15) is 52.9 Å². The van der Waals surface area contributed by atoms with Crippen LogP contribution in [0.3, 0.4) is 0 Å². The Morgan fingerprint density at radius 3 is 1.13 bits per heavy atom. The molecule has 3 aromatic rings. The summed E-state index contributed by atoms with van der Waals surface area (Å²) in [6.07, 6.45) is 4.36. The lowest BCUT2D eigenvalue weighted by Gasteiger charge is -2.08. The van der Waals surface area contributed by atoms with Gasteiger partial charge in [-0.3, -0.25) is 0 Å². The van der Waals surface area contributed by atoms with Gasteiger partial charge in [-0.05, 0) is 92.3 Å². The molecule has 1 unspecified atom stereocenters. The zero-order chi connectivity index (χ0) is 29.0. The minimum absolute atomic E-state index is 0.262. The van der Waals surface area contributed by atoms with E-state index in [1.165, 1.54) is 11.1 Å². The second-order valence-corrected chi connectivity index (χ2v) is 9.28. The average Bonchev–Trinajstić information content (AvgIpc) is 2.96. The van der Waals surface area contributed by atoms with Gasteiger partial charge >= 0.3 is 0 Å². The van der Waals surface area contributed by atoms with E-state index in [1.807, 2.05) is 72.8 Å². The van der Waals surface area contributed by atoms with Crippen molar-refractivity contribution in [2.75, 3.05) is 28.4 Å². The lowest BCUT2D eigenvalue weighted by Crippen LogP contribution is -2.00. The molecular weight excluding hydrogens is 492 g/mol. The molecule has 212 valence electrons. The zero-order valence-electron chi connectivity index (χ0n) is 24.5. The predicted octanol–water partition coefficient (Wildman–Crippen LogP) is 7.83. The number of rotatable bonds is 12. The normalized spacial score (nSPS) is 10.5. The third-order valence-corrected chi connectivity index (χ3v) is 6.02. The highest BCUT2D eigenvalue weighted by Gasteiger charge is 2.04. The molecule has 0 heterocycles. The Balaban J connectivity index is 0.000000301. The van der Waals surface area contributed by atoms with Gasteiger partial charge in [0.2, 0.25) is 0 Å². The van der Waals surface area contributed by atoms with E-state index in [0.29, 0.717) is 18.8 Å². The van der Waals surface area contributed by atoms with Crippen molar-refractivity contribution in [3.8, 4) is 34.1 Å². The van der Waals surface area contributed by atoms with Crippen LogP contribution in [0, 0.1) is 5.92 Å². The van der Waals surface area contributed by atoms with Gasteiger partial charge in [0.05, 0.1) is 28.4 Å². The molecule has 0 spiro atoms. The summed E-state index contributed by atoms with van der Waals surface area (Å²) in [6.45, 7) is 5.39. The van der Waals surface area contributed by atoms with Gasteiger partial charge in [-0.15, -0.1) is 0 Å². The number of carbonyl (C=O) groups excluding carboxylic acids is 2. The Kier molecular flexibility index (Phi) is 16.4. The first kappa shape index (κ1) is 33.2. The summed E-state index contributed by atoms with van der Waals surface area (Å²) in [4.78, 5) is 21.3. The van der Waals surface area contributed by atoms with Gasteiger partial charge in [-0.1, -0.05) is 37.6 Å². The van der Waals surface area contributed by atoms with Crippen molar-refractivity contribution in [3.05, 3.63) is 72.8 Å². The molecule has 39 heavy (non-hydrogen) atoms. The first-order chi connectivity index (χ1) is 18.7. The van der Waals surface area contributed by atoms with Crippen LogP contribution in [-0.4, -0.2) is 40.0 Å². The first-order valence-electron chi connectivity index (χ1n) is 13.2. The second-order valence-electron chi connectivity index (χ2n) is 9.28. The van der Waals surface area contributed by atoms with E-state index in [9.17, 15) is 9.59 Å². The van der Waals surface area contributed by atoms with E-state index in [2.05, 4.69) is 6.92 Å². The molecule has 1 atom stereocenters. The van der Waals surface area contributed by atoms with E-state index >= 15 is 0 Å². The number of ketones is 2. The van der Waals surface area contributed by atoms with E-state index in [4.69, 9.17) is 18.9 Å². The Labute approximate surface area is 234 Å². The topological polar surface area (TPSA) is 71.1 Å². The Morgan fingerprint density at radius 2 is 0.846 bits per heavy atom. The summed E-state index contributed by atoms with van der Waals surface area (Å²) >= 11 is 0. The van der Waals surface area contributed by atoms with E-state index < -0.39 is 0 Å². The minimum Gasteiger partial charge on any atom is -0.497 e. The number of benzene rings is 3. The molecule has 3 rings (SSSR count). The van der Waals surface area contributed by atoms with Crippen LogP contribution in [-0.2, 0) is 9.59 Å². The van der Waals surface area contributed by atoms with Gasteiger partial charge in [0.15, 0.2) is 0 Å². The van der Waals surface area contributed by atoms with Crippen LogP contribution in [0.2, 0.25) is 0 Å². The summed E-state index contributed by atoms with van der Waals surface area (Å²) in [5.74, 6) is 4.54. The molecule has 0 N–H and O–H groups in total. The minimum atomic E-state index is 0.262. The molecule has 0 aromatic heterocycles. The van der Waals surface area contributed by atoms with Crippen molar-refractivity contribution in [3.63, 3.8) is 0 Å². The number of Topliss-reactive ketones (excluding diaryl/α,β-unsaturated/α-hetero) is 2. The quantitative estimate of drug-likeness (QED) is 0.235. The van der Waals surface area contributed by atoms with Crippen LogP contribution in [0.15, 0.2) is 72.8 Å². The fraction of sp³-hybridized carbons (Fsp3) is 0.394.